The van der Waals surface area contributed by atoms with Gasteiger partial charge in [-0.2, -0.15) is 0 Å². The van der Waals surface area contributed by atoms with Crippen LogP contribution in [-0.2, 0) is 6.42 Å². The van der Waals surface area contributed by atoms with E-state index < -0.39 is 0 Å². The second-order valence-corrected chi connectivity index (χ2v) is 5.04. The second-order valence-electron chi connectivity index (χ2n) is 5.04. The molecule has 2 heteroatoms. The fourth-order valence-corrected chi connectivity index (χ4v) is 2.01. The van der Waals surface area contributed by atoms with Crippen LogP contribution in [0.3, 0.4) is 0 Å². The zero-order chi connectivity index (χ0) is 13.7. The van der Waals surface area contributed by atoms with Crippen LogP contribution in [-0.4, -0.2) is 11.2 Å². The summed E-state index contributed by atoms with van der Waals surface area (Å²) in [7, 11) is 0. The van der Waals surface area contributed by atoms with Gasteiger partial charge in [0, 0.05) is 18.0 Å². The Hall–Kier alpha value is -1.96. The minimum Gasteiger partial charge on any atom is -0.308 e. The smallest absolute Gasteiger partial charge is 0.0702 e. The zero-order valence-electron chi connectivity index (χ0n) is 11.6. The predicted molar refractivity (Wildman–Crippen MR) is 80.7 cm³/mol. The molecule has 0 fully saturated rings. The molecule has 1 aromatic heterocycles. The summed E-state index contributed by atoms with van der Waals surface area (Å²) >= 11 is 0. The molecule has 1 N–H and O–H groups in total. The van der Waals surface area contributed by atoms with Gasteiger partial charge in [0.15, 0.2) is 0 Å². The molecule has 0 bridgehead atoms. The lowest BCUT2D eigenvalue weighted by atomic mass is 9.99. The number of nitrogens with one attached hydrogen (secondary N) is 1. The number of pyridine rings is 1. The Bertz CT molecular complexity index is 526. The monoisotopic (exact) mass is 252 g/mol. The van der Waals surface area contributed by atoms with Crippen molar-refractivity contribution < 1.29 is 0 Å². The van der Waals surface area contributed by atoms with Gasteiger partial charge in [0.2, 0.25) is 0 Å². The second kappa shape index (κ2) is 6.28. The lowest BCUT2D eigenvalue weighted by molar-refractivity contribution is 0.559. The maximum Gasteiger partial charge on any atom is 0.0702 e. The number of hydrogen-bond donors (Lipinski definition) is 1. The van der Waals surface area contributed by atoms with Gasteiger partial charge in [0.1, 0.15) is 0 Å². The minimum atomic E-state index is 0.708. The normalized spacial score (nSPS) is 12.1. The highest BCUT2D eigenvalue weighted by Gasteiger charge is 2.03. The summed E-state index contributed by atoms with van der Waals surface area (Å²) in [6, 6.07) is 12.2. The SMILES string of the molecule is CCC(C)Cc1ccc(-c2ccc(C=N)cc2)nc1. The molecule has 0 radical (unpaired) electrons. The Balaban J connectivity index is 2.14. The molecule has 0 amide bonds. The maximum atomic E-state index is 7.19. The van der Waals surface area contributed by atoms with Crippen molar-refractivity contribution in [3.8, 4) is 11.3 Å². The summed E-state index contributed by atoms with van der Waals surface area (Å²) < 4.78 is 0. The van der Waals surface area contributed by atoms with Gasteiger partial charge >= 0.3 is 0 Å². The van der Waals surface area contributed by atoms with Crippen LogP contribution < -0.4 is 0 Å². The molecule has 0 spiro atoms. The van der Waals surface area contributed by atoms with Crippen molar-refractivity contribution in [3.05, 3.63) is 53.7 Å². The van der Waals surface area contributed by atoms with Gasteiger partial charge in [-0.05, 0) is 29.5 Å². The van der Waals surface area contributed by atoms with Crippen LogP contribution in [0.15, 0.2) is 42.6 Å². The molecule has 2 aromatic rings. The molecule has 1 heterocycles. The van der Waals surface area contributed by atoms with Crippen LogP contribution in [0.5, 0.6) is 0 Å². The molecule has 0 saturated carbocycles. The van der Waals surface area contributed by atoms with E-state index in [-0.39, 0.29) is 0 Å². The molecule has 0 aliphatic heterocycles. The Morgan fingerprint density at radius 1 is 1.16 bits per heavy atom. The molecule has 98 valence electrons. The Morgan fingerprint density at radius 2 is 1.89 bits per heavy atom. The van der Waals surface area contributed by atoms with Gasteiger partial charge in [-0.3, -0.25) is 4.98 Å². The highest BCUT2D eigenvalue weighted by molar-refractivity contribution is 5.78. The topological polar surface area (TPSA) is 36.7 Å². The molecule has 0 saturated heterocycles. The lowest BCUT2D eigenvalue weighted by Crippen LogP contribution is -1.98. The third-order valence-electron chi connectivity index (χ3n) is 3.48. The van der Waals surface area contributed by atoms with Crippen LogP contribution in [0.2, 0.25) is 0 Å². The molecular weight excluding hydrogens is 232 g/mol. The molecular formula is C17H20N2. The summed E-state index contributed by atoms with van der Waals surface area (Å²) in [5.41, 5.74) is 4.30. The zero-order valence-corrected chi connectivity index (χ0v) is 11.6. The van der Waals surface area contributed by atoms with Gasteiger partial charge in [0.05, 0.1) is 5.69 Å². The first kappa shape index (κ1) is 13.5. The third kappa shape index (κ3) is 3.50. The van der Waals surface area contributed by atoms with E-state index in [0.717, 1.165) is 23.2 Å². The molecule has 2 rings (SSSR count). The fraction of sp³-hybridized carbons (Fsp3) is 0.294. The van der Waals surface area contributed by atoms with Crippen LogP contribution >= 0.6 is 0 Å². The van der Waals surface area contributed by atoms with Crippen molar-refractivity contribution in [3.63, 3.8) is 0 Å². The van der Waals surface area contributed by atoms with Crippen molar-refractivity contribution in [1.82, 2.24) is 4.98 Å². The summed E-state index contributed by atoms with van der Waals surface area (Å²) in [6.45, 7) is 4.49. The van der Waals surface area contributed by atoms with Crippen LogP contribution in [0.4, 0.5) is 0 Å². The molecule has 19 heavy (non-hydrogen) atoms. The number of benzene rings is 1. The maximum absolute atomic E-state index is 7.19. The quantitative estimate of drug-likeness (QED) is 0.790. The van der Waals surface area contributed by atoms with Crippen LogP contribution in [0.25, 0.3) is 11.3 Å². The van der Waals surface area contributed by atoms with E-state index in [1.807, 2.05) is 30.5 Å². The van der Waals surface area contributed by atoms with E-state index in [1.165, 1.54) is 18.2 Å². The standard InChI is InChI=1S/C17H20N2/c1-3-13(2)10-15-6-9-17(19-12-15)16-7-4-14(11-18)5-8-16/h4-9,11-13,18H,3,10H2,1-2H3. The van der Waals surface area contributed by atoms with Crippen molar-refractivity contribution in [2.24, 2.45) is 5.92 Å². The highest BCUT2D eigenvalue weighted by atomic mass is 14.7. The lowest BCUT2D eigenvalue weighted by Gasteiger charge is -2.08. The Labute approximate surface area is 115 Å². The number of hydrogen-bond acceptors (Lipinski definition) is 2. The Kier molecular flexibility index (Phi) is 4.45. The molecule has 1 atom stereocenters. The summed E-state index contributed by atoms with van der Waals surface area (Å²) in [6.07, 6.45) is 5.63. The number of aromatic nitrogens is 1. The van der Waals surface area contributed by atoms with Crippen LogP contribution in [0.1, 0.15) is 31.4 Å². The molecule has 1 unspecified atom stereocenters. The van der Waals surface area contributed by atoms with E-state index >= 15 is 0 Å². The van der Waals surface area contributed by atoms with E-state index in [1.54, 1.807) is 0 Å². The highest BCUT2D eigenvalue weighted by Crippen LogP contribution is 2.18. The Morgan fingerprint density at radius 3 is 2.42 bits per heavy atom. The van der Waals surface area contributed by atoms with Gasteiger partial charge in [-0.1, -0.05) is 50.6 Å². The van der Waals surface area contributed by atoms with E-state index in [2.05, 4.69) is 31.0 Å². The summed E-state index contributed by atoms with van der Waals surface area (Å²) in [5.74, 6) is 0.708. The van der Waals surface area contributed by atoms with Crippen molar-refractivity contribution in [2.75, 3.05) is 0 Å². The summed E-state index contributed by atoms with van der Waals surface area (Å²) in [4.78, 5) is 4.53. The van der Waals surface area contributed by atoms with Crippen molar-refractivity contribution in [2.45, 2.75) is 26.7 Å². The molecule has 2 nitrogen and oxygen atoms in total. The average molecular weight is 252 g/mol. The van der Waals surface area contributed by atoms with E-state index in [4.69, 9.17) is 5.41 Å². The number of nitrogens with zero attached hydrogens (tertiary/aromatic N) is 1. The third-order valence-corrected chi connectivity index (χ3v) is 3.48. The fourth-order valence-electron chi connectivity index (χ4n) is 2.01. The van der Waals surface area contributed by atoms with E-state index in [9.17, 15) is 0 Å². The first-order valence-electron chi connectivity index (χ1n) is 6.78. The molecule has 1 aromatic carbocycles. The van der Waals surface area contributed by atoms with Gasteiger partial charge in [-0.15, -0.1) is 0 Å². The molecule has 0 aliphatic carbocycles. The van der Waals surface area contributed by atoms with Gasteiger partial charge in [-0.25, -0.2) is 0 Å². The van der Waals surface area contributed by atoms with Crippen LogP contribution in [0, 0.1) is 11.3 Å². The number of rotatable bonds is 5. The van der Waals surface area contributed by atoms with Crippen molar-refractivity contribution >= 4 is 6.21 Å². The first-order valence-corrected chi connectivity index (χ1v) is 6.78. The average Bonchev–Trinajstić information content (AvgIpc) is 2.48. The van der Waals surface area contributed by atoms with Crippen molar-refractivity contribution in [1.29, 1.82) is 5.41 Å². The largest absolute Gasteiger partial charge is 0.308 e. The van der Waals surface area contributed by atoms with E-state index in [0.29, 0.717) is 5.92 Å². The first-order chi connectivity index (χ1) is 9.22. The van der Waals surface area contributed by atoms with Gasteiger partial charge < -0.3 is 5.41 Å². The minimum absolute atomic E-state index is 0.708. The van der Waals surface area contributed by atoms with Gasteiger partial charge in [0.25, 0.3) is 0 Å². The molecule has 0 aliphatic rings. The predicted octanol–water partition coefficient (Wildman–Crippen LogP) is 4.33. The summed E-state index contributed by atoms with van der Waals surface area (Å²) in [5, 5.41) is 7.19.